The Bertz CT molecular complexity index is 2130. The minimum atomic E-state index is -2.15. The molecule has 0 aliphatic heterocycles. The molecule has 4 aromatic heterocycles. The molecule has 0 spiro atoms. The molecule has 3 heteroatoms. The zero-order valence-corrected chi connectivity index (χ0v) is 18.3. The second kappa shape index (κ2) is 6.09. The van der Waals surface area contributed by atoms with Gasteiger partial charge < -0.3 is 4.40 Å². The molecule has 8 rings (SSSR count). The van der Waals surface area contributed by atoms with Gasteiger partial charge in [0.2, 0.25) is 0 Å². The normalized spacial score (nSPS) is 14.1. The lowest BCUT2D eigenvalue weighted by Crippen LogP contribution is -1.85. The van der Waals surface area contributed by atoms with E-state index in [1.807, 2.05) is 11.3 Å². The fourth-order valence-corrected chi connectivity index (χ4v) is 6.62. The van der Waals surface area contributed by atoms with Crippen molar-refractivity contribution in [3.8, 4) is 11.3 Å². The molecule has 4 heterocycles. The minimum Gasteiger partial charge on any atom is -0.308 e. The van der Waals surface area contributed by atoms with E-state index in [2.05, 4.69) is 82.2 Å². The van der Waals surface area contributed by atoms with Crippen molar-refractivity contribution in [3.05, 3.63) is 96.7 Å². The van der Waals surface area contributed by atoms with Crippen LogP contribution in [0.25, 0.3) is 69.5 Å². The molecule has 0 N–H and O–H groups in total. The van der Waals surface area contributed by atoms with Gasteiger partial charge in [-0.3, -0.25) is 4.98 Å². The largest absolute Gasteiger partial charge is 0.308 e. The number of aryl methyl sites for hydroxylation is 1. The number of nitrogens with zero attached hydrogens (tertiary/aromatic N) is 2. The molecular formula is C30H18N2S. The van der Waals surface area contributed by atoms with Gasteiger partial charge in [0.15, 0.2) is 0 Å². The average molecular weight is 442 g/mol. The Balaban J connectivity index is 1.44. The van der Waals surface area contributed by atoms with Gasteiger partial charge in [-0.05, 0) is 48.8 Å². The molecule has 0 bridgehead atoms. The van der Waals surface area contributed by atoms with E-state index in [1.165, 1.54) is 58.9 Å². The third kappa shape index (κ3) is 2.20. The van der Waals surface area contributed by atoms with Crippen molar-refractivity contribution in [1.29, 1.82) is 0 Å². The van der Waals surface area contributed by atoms with E-state index >= 15 is 0 Å². The third-order valence-corrected chi connectivity index (χ3v) is 8.01. The lowest BCUT2D eigenvalue weighted by atomic mass is 10.0. The molecule has 0 aliphatic carbocycles. The van der Waals surface area contributed by atoms with Gasteiger partial charge in [0.25, 0.3) is 0 Å². The first kappa shape index (κ1) is 15.0. The van der Waals surface area contributed by atoms with Crippen molar-refractivity contribution in [2.45, 2.75) is 6.85 Å². The van der Waals surface area contributed by atoms with Crippen LogP contribution >= 0.6 is 11.3 Å². The standard InChI is InChI=1S/C30H18N2S/c1-17-9-11-23(31-16-17)18-10-12-24-22(15-18)19-6-4-7-21-28-25(32(24)30(19)21)13-14-27-29(28)20-5-2-3-8-26(20)33-27/h2-16H,1H3/i1D3. The van der Waals surface area contributed by atoms with E-state index in [9.17, 15) is 0 Å². The Morgan fingerprint density at radius 2 is 1.61 bits per heavy atom. The molecule has 0 aliphatic rings. The minimum absolute atomic E-state index is 0.256. The van der Waals surface area contributed by atoms with Crippen LogP contribution in [0.1, 0.15) is 9.68 Å². The molecule has 4 aromatic carbocycles. The zero-order valence-electron chi connectivity index (χ0n) is 20.5. The molecule has 33 heavy (non-hydrogen) atoms. The number of rotatable bonds is 1. The number of hydrogen-bond acceptors (Lipinski definition) is 2. The molecule has 0 atom stereocenters. The summed E-state index contributed by atoms with van der Waals surface area (Å²) in [5, 5.41) is 7.63. The Kier molecular flexibility index (Phi) is 2.77. The van der Waals surface area contributed by atoms with Gasteiger partial charge in [-0.2, -0.15) is 0 Å². The van der Waals surface area contributed by atoms with Crippen molar-refractivity contribution in [3.63, 3.8) is 0 Å². The first-order valence-electron chi connectivity index (χ1n) is 12.5. The fraction of sp³-hybridized carbons (Fsp3) is 0.0333. The predicted molar refractivity (Wildman–Crippen MR) is 142 cm³/mol. The van der Waals surface area contributed by atoms with Crippen molar-refractivity contribution < 1.29 is 4.11 Å². The summed E-state index contributed by atoms with van der Waals surface area (Å²) in [5.74, 6) is 0. The van der Waals surface area contributed by atoms with Crippen LogP contribution in [0, 0.1) is 6.85 Å². The maximum atomic E-state index is 7.61. The summed E-state index contributed by atoms with van der Waals surface area (Å²) < 4.78 is 27.9. The van der Waals surface area contributed by atoms with Crippen LogP contribution in [0.2, 0.25) is 0 Å². The van der Waals surface area contributed by atoms with Crippen LogP contribution in [0.5, 0.6) is 0 Å². The molecule has 0 amide bonds. The molecule has 8 aromatic rings. The van der Waals surface area contributed by atoms with Crippen molar-refractivity contribution >= 4 is 69.6 Å². The van der Waals surface area contributed by atoms with Gasteiger partial charge in [0.1, 0.15) is 0 Å². The van der Waals surface area contributed by atoms with E-state index < -0.39 is 6.85 Å². The highest BCUT2D eigenvalue weighted by molar-refractivity contribution is 7.26. The summed E-state index contributed by atoms with van der Waals surface area (Å²) in [6.07, 6.45) is 1.46. The van der Waals surface area contributed by atoms with E-state index in [0.717, 1.165) is 16.8 Å². The van der Waals surface area contributed by atoms with Gasteiger partial charge in [-0.15, -0.1) is 11.3 Å². The summed E-state index contributed by atoms with van der Waals surface area (Å²) in [7, 11) is 0. The highest BCUT2D eigenvalue weighted by Gasteiger charge is 2.20. The summed E-state index contributed by atoms with van der Waals surface area (Å²) >= 11 is 1.85. The van der Waals surface area contributed by atoms with Crippen molar-refractivity contribution in [1.82, 2.24) is 9.38 Å². The second-order valence-corrected chi connectivity index (χ2v) is 9.72. The van der Waals surface area contributed by atoms with E-state index in [4.69, 9.17) is 4.11 Å². The number of pyridine rings is 1. The second-order valence-electron chi connectivity index (χ2n) is 8.63. The Labute approximate surface area is 197 Å². The smallest absolute Gasteiger partial charge is 0.0702 e. The quantitative estimate of drug-likeness (QED) is 0.249. The van der Waals surface area contributed by atoms with Crippen molar-refractivity contribution in [2.24, 2.45) is 0 Å². The van der Waals surface area contributed by atoms with E-state index in [0.29, 0.717) is 0 Å². The Morgan fingerprint density at radius 1 is 0.727 bits per heavy atom. The molecule has 0 saturated carbocycles. The van der Waals surface area contributed by atoms with Crippen LogP contribution < -0.4 is 0 Å². The number of fused-ring (bicyclic) bond motifs is 10. The third-order valence-electron chi connectivity index (χ3n) is 6.88. The Morgan fingerprint density at radius 3 is 2.52 bits per heavy atom. The van der Waals surface area contributed by atoms with Crippen LogP contribution in [0.4, 0.5) is 0 Å². The molecule has 0 unspecified atom stereocenters. The van der Waals surface area contributed by atoms with Crippen LogP contribution in [0.15, 0.2) is 91.1 Å². The molecular weight excluding hydrogens is 420 g/mol. The fourth-order valence-electron chi connectivity index (χ4n) is 5.51. The highest BCUT2D eigenvalue weighted by Crippen LogP contribution is 2.45. The summed E-state index contributed by atoms with van der Waals surface area (Å²) in [4.78, 5) is 4.47. The molecule has 0 radical (unpaired) electrons. The number of aromatic nitrogens is 2. The van der Waals surface area contributed by atoms with Gasteiger partial charge in [0, 0.05) is 57.6 Å². The SMILES string of the molecule is [2H]C([2H])([2H])c1ccc(-c2ccc3c(c2)c2cccc4c5c6c(ccc5n3c24)sc2ccccc26)nc1. The van der Waals surface area contributed by atoms with Gasteiger partial charge in [-0.1, -0.05) is 48.5 Å². The number of thiophene rings is 1. The zero-order chi connectivity index (χ0) is 24.2. The van der Waals surface area contributed by atoms with E-state index in [1.54, 1.807) is 12.1 Å². The monoisotopic (exact) mass is 441 g/mol. The molecule has 0 fully saturated rings. The first-order valence-corrected chi connectivity index (χ1v) is 11.8. The van der Waals surface area contributed by atoms with Gasteiger partial charge in [0.05, 0.1) is 22.2 Å². The summed E-state index contributed by atoms with van der Waals surface area (Å²) in [6, 6.07) is 29.7. The van der Waals surface area contributed by atoms with Crippen LogP contribution in [0.3, 0.4) is 0 Å². The number of hydrogen-bond donors (Lipinski definition) is 0. The lowest BCUT2D eigenvalue weighted by molar-refractivity contribution is 1.27. The highest BCUT2D eigenvalue weighted by atomic mass is 32.1. The predicted octanol–water partition coefficient (Wildman–Crippen LogP) is 8.58. The maximum Gasteiger partial charge on any atom is 0.0702 e. The average Bonchev–Trinajstić information content (AvgIpc) is 3.54. The summed E-state index contributed by atoms with van der Waals surface area (Å²) in [5.41, 5.74) is 5.63. The topological polar surface area (TPSA) is 17.3 Å². The van der Waals surface area contributed by atoms with Crippen LogP contribution in [-0.2, 0) is 0 Å². The van der Waals surface area contributed by atoms with Gasteiger partial charge in [-0.25, -0.2) is 0 Å². The first-order chi connectivity index (χ1) is 17.5. The van der Waals surface area contributed by atoms with Crippen molar-refractivity contribution in [2.75, 3.05) is 0 Å². The molecule has 0 saturated heterocycles. The molecule has 2 nitrogen and oxygen atoms in total. The number of benzene rings is 4. The lowest BCUT2D eigenvalue weighted by Gasteiger charge is -2.04. The van der Waals surface area contributed by atoms with Gasteiger partial charge >= 0.3 is 0 Å². The summed E-state index contributed by atoms with van der Waals surface area (Å²) in [6.45, 7) is -2.15. The van der Waals surface area contributed by atoms with E-state index in [-0.39, 0.29) is 5.56 Å². The Hall–Kier alpha value is -3.95. The molecule has 154 valence electrons. The maximum absolute atomic E-state index is 7.61. The number of para-hydroxylation sites is 1. The van der Waals surface area contributed by atoms with Crippen LogP contribution in [-0.4, -0.2) is 9.38 Å².